The van der Waals surface area contributed by atoms with Gasteiger partial charge in [-0.3, -0.25) is 14.8 Å². The molecular formula is C23H19ClN4O3S3. The molecule has 1 aromatic heterocycles. The lowest BCUT2D eigenvalue weighted by molar-refractivity contribution is 0.102. The maximum atomic E-state index is 12.9. The minimum Gasteiger partial charge on any atom is -0.296 e. The van der Waals surface area contributed by atoms with Gasteiger partial charge in [0.25, 0.3) is 15.9 Å². The van der Waals surface area contributed by atoms with Crippen molar-refractivity contribution >= 4 is 61.4 Å². The number of carbonyl (C=O) groups excluding carboxylic acids is 1. The highest BCUT2D eigenvalue weighted by atomic mass is 35.5. The molecule has 1 heterocycles. The zero-order valence-corrected chi connectivity index (χ0v) is 21.1. The summed E-state index contributed by atoms with van der Waals surface area (Å²) in [6, 6.07) is 20.9. The summed E-state index contributed by atoms with van der Waals surface area (Å²) >= 11 is 8.91. The van der Waals surface area contributed by atoms with Gasteiger partial charge in [0.1, 0.15) is 4.90 Å². The number of amides is 1. The number of nitrogens with one attached hydrogen (secondary N) is 2. The average molecular weight is 531 g/mol. The van der Waals surface area contributed by atoms with Gasteiger partial charge in [0.2, 0.25) is 5.13 Å². The maximum absolute atomic E-state index is 12.9. The third-order valence-corrected chi connectivity index (χ3v) is 8.52. The van der Waals surface area contributed by atoms with E-state index in [0.29, 0.717) is 15.2 Å². The van der Waals surface area contributed by atoms with E-state index >= 15 is 0 Å². The van der Waals surface area contributed by atoms with Crippen molar-refractivity contribution in [1.29, 1.82) is 0 Å². The number of hydrogen-bond acceptors (Lipinski definition) is 7. The Balaban J connectivity index is 1.45. The summed E-state index contributed by atoms with van der Waals surface area (Å²) in [7, 11) is -4.01. The molecule has 0 saturated heterocycles. The van der Waals surface area contributed by atoms with Crippen LogP contribution in [0.4, 0.5) is 10.8 Å². The second-order valence-electron chi connectivity index (χ2n) is 7.22. The van der Waals surface area contributed by atoms with Crippen LogP contribution in [0.5, 0.6) is 0 Å². The largest absolute Gasteiger partial charge is 0.296 e. The number of sulfonamides is 1. The Morgan fingerprint density at radius 2 is 1.76 bits per heavy atom. The fourth-order valence-electron chi connectivity index (χ4n) is 2.89. The molecule has 0 bridgehead atoms. The van der Waals surface area contributed by atoms with Gasteiger partial charge >= 0.3 is 0 Å². The number of aromatic nitrogens is 2. The number of halogens is 1. The summed E-state index contributed by atoms with van der Waals surface area (Å²) in [5.41, 5.74) is 2.67. The molecule has 3 aromatic carbocycles. The summed E-state index contributed by atoms with van der Waals surface area (Å²) in [5.74, 6) is 0.217. The monoisotopic (exact) mass is 530 g/mol. The molecular weight excluding hydrogens is 512 g/mol. The molecule has 2 N–H and O–H groups in total. The normalized spacial score (nSPS) is 11.2. The van der Waals surface area contributed by atoms with E-state index in [1.54, 1.807) is 24.3 Å². The summed E-state index contributed by atoms with van der Waals surface area (Å²) in [5, 5.41) is 11.1. The van der Waals surface area contributed by atoms with Gasteiger partial charge in [-0.05, 0) is 42.8 Å². The first-order chi connectivity index (χ1) is 16.3. The van der Waals surface area contributed by atoms with Gasteiger partial charge in [-0.1, -0.05) is 82.7 Å². The molecule has 0 spiro atoms. The highest BCUT2D eigenvalue weighted by Gasteiger charge is 2.21. The fraction of sp³-hybridized carbons (Fsp3) is 0.0870. The molecule has 1 amide bonds. The van der Waals surface area contributed by atoms with Crippen LogP contribution in [0.3, 0.4) is 0 Å². The minimum absolute atomic E-state index is 0.00618. The molecule has 0 aliphatic rings. The van der Waals surface area contributed by atoms with Gasteiger partial charge in [0.05, 0.1) is 5.02 Å². The van der Waals surface area contributed by atoms with Crippen LogP contribution in [0.25, 0.3) is 0 Å². The molecule has 7 nitrogen and oxygen atoms in total. The number of benzene rings is 3. The minimum atomic E-state index is -4.01. The number of hydrogen-bond donors (Lipinski definition) is 2. The average Bonchev–Trinajstić information content (AvgIpc) is 3.27. The number of carbonyl (C=O) groups is 1. The summed E-state index contributed by atoms with van der Waals surface area (Å²) in [6.07, 6.45) is 0. The molecule has 0 radical (unpaired) electrons. The predicted octanol–water partition coefficient (Wildman–Crippen LogP) is 5.85. The highest BCUT2D eigenvalue weighted by Crippen LogP contribution is 2.29. The van der Waals surface area contributed by atoms with E-state index < -0.39 is 15.9 Å². The van der Waals surface area contributed by atoms with Crippen molar-refractivity contribution in [3.63, 3.8) is 0 Å². The first-order valence-corrected chi connectivity index (χ1v) is 13.7. The van der Waals surface area contributed by atoms with Crippen LogP contribution in [-0.2, 0) is 15.8 Å². The van der Waals surface area contributed by atoms with Crippen LogP contribution < -0.4 is 10.0 Å². The Bertz CT molecular complexity index is 1410. The van der Waals surface area contributed by atoms with Crippen molar-refractivity contribution in [2.24, 2.45) is 0 Å². The molecule has 11 heteroatoms. The molecule has 0 atom stereocenters. The van der Waals surface area contributed by atoms with Crippen molar-refractivity contribution in [2.75, 3.05) is 10.0 Å². The molecule has 4 rings (SSSR count). The third-order valence-electron chi connectivity index (χ3n) is 4.62. The van der Waals surface area contributed by atoms with E-state index in [-0.39, 0.29) is 15.5 Å². The van der Waals surface area contributed by atoms with Crippen molar-refractivity contribution in [3.05, 3.63) is 94.5 Å². The molecule has 34 heavy (non-hydrogen) atoms. The van der Waals surface area contributed by atoms with Gasteiger partial charge in [-0.2, -0.15) is 0 Å². The molecule has 0 aliphatic carbocycles. The quantitative estimate of drug-likeness (QED) is 0.219. The van der Waals surface area contributed by atoms with E-state index in [0.717, 1.165) is 16.9 Å². The number of anilines is 2. The lowest BCUT2D eigenvalue weighted by atomic mass is 10.2. The number of nitrogens with zero attached hydrogens (tertiary/aromatic N) is 2. The molecule has 0 fully saturated rings. The molecule has 174 valence electrons. The molecule has 0 unspecified atom stereocenters. The zero-order valence-electron chi connectivity index (χ0n) is 17.9. The van der Waals surface area contributed by atoms with E-state index in [2.05, 4.69) is 20.2 Å². The van der Waals surface area contributed by atoms with E-state index in [1.807, 2.05) is 37.3 Å². The van der Waals surface area contributed by atoms with Crippen molar-refractivity contribution in [2.45, 2.75) is 21.9 Å². The van der Waals surface area contributed by atoms with Crippen LogP contribution in [-0.4, -0.2) is 24.5 Å². The second-order valence-corrected chi connectivity index (χ2v) is 11.5. The maximum Gasteiger partial charge on any atom is 0.263 e. The third kappa shape index (κ3) is 6.15. The van der Waals surface area contributed by atoms with Crippen molar-refractivity contribution in [3.8, 4) is 0 Å². The Labute approximate surface area is 210 Å². The lowest BCUT2D eigenvalue weighted by Crippen LogP contribution is -2.16. The first-order valence-electron chi connectivity index (χ1n) is 10.0. The van der Waals surface area contributed by atoms with Crippen LogP contribution in [0.15, 0.2) is 82.0 Å². The van der Waals surface area contributed by atoms with E-state index in [9.17, 15) is 13.2 Å². The standard InChI is InChI=1S/C23H19ClN4O3S3/c1-15-7-10-18(11-8-15)28-34(30,31)20-13-17(9-12-19(20)24)21(29)25-22-26-27-23(33-22)32-14-16-5-3-2-4-6-16/h2-13,28H,14H2,1H3,(H,25,26,29). The van der Waals surface area contributed by atoms with Gasteiger partial charge in [-0.15, -0.1) is 10.2 Å². The smallest absolute Gasteiger partial charge is 0.263 e. The summed E-state index contributed by atoms with van der Waals surface area (Å²) in [6.45, 7) is 1.90. The second kappa shape index (κ2) is 10.6. The number of rotatable bonds is 8. The Hall–Kier alpha value is -2.92. The number of aryl methyl sites for hydroxylation is 1. The molecule has 4 aromatic rings. The molecule has 0 aliphatic heterocycles. The van der Waals surface area contributed by atoms with Gasteiger partial charge < -0.3 is 0 Å². The fourth-order valence-corrected chi connectivity index (χ4v) is 6.18. The lowest BCUT2D eigenvalue weighted by Gasteiger charge is -2.11. The highest BCUT2D eigenvalue weighted by molar-refractivity contribution is 8.00. The molecule has 0 saturated carbocycles. The van der Waals surface area contributed by atoms with Crippen molar-refractivity contribution < 1.29 is 13.2 Å². The van der Waals surface area contributed by atoms with E-state index in [1.165, 1.54) is 41.3 Å². The predicted molar refractivity (Wildman–Crippen MR) is 137 cm³/mol. The van der Waals surface area contributed by atoms with Crippen molar-refractivity contribution in [1.82, 2.24) is 10.2 Å². The first kappa shape index (κ1) is 24.2. The Kier molecular flexibility index (Phi) is 7.52. The van der Waals surface area contributed by atoms with Crippen LogP contribution in [0.1, 0.15) is 21.5 Å². The van der Waals surface area contributed by atoms with Gasteiger partial charge in [0, 0.05) is 17.0 Å². The van der Waals surface area contributed by atoms with Gasteiger partial charge in [0.15, 0.2) is 4.34 Å². The SMILES string of the molecule is Cc1ccc(NS(=O)(=O)c2cc(C(=O)Nc3nnc(SCc4ccccc4)s3)ccc2Cl)cc1. The van der Waals surface area contributed by atoms with Gasteiger partial charge in [-0.25, -0.2) is 8.42 Å². The van der Waals surface area contributed by atoms with Crippen LogP contribution >= 0.6 is 34.7 Å². The Morgan fingerprint density at radius 3 is 2.50 bits per heavy atom. The summed E-state index contributed by atoms with van der Waals surface area (Å²) < 4.78 is 29.0. The van der Waals surface area contributed by atoms with Crippen LogP contribution in [0, 0.1) is 6.92 Å². The number of thioether (sulfide) groups is 1. The topological polar surface area (TPSA) is 101 Å². The van der Waals surface area contributed by atoms with E-state index in [4.69, 9.17) is 11.6 Å². The Morgan fingerprint density at radius 1 is 1.03 bits per heavy atom. The van der Waals surface area contributed by atoms with Crippen LogP contribution in [0.2, 0.25) is 5.02 Å². The summed E-state index contributed by atoms with van der Waals surface area (Å²) in [4.78, 5) is 12.6. The zero-order chi connectivity index (χ0) is 24.1.